The summed E-state index contributed by atoms with van der Waals surface area (Å²) in [7, 11) is 0. The molecule has 0 fully saturated rings. The molecule has 34 heavy (non-hydrogen) atoms. The average Bonchev–Trinajstić information content (AvgIpc) is 3.20. The number of aromatic nitrogens is 1. The van der Waals surface area contributed by atoms with Crippen molar-refractivity contribution in [2.75, 3.05) is 17.2 Å². The van der Waals surface area contributed by atoms with Crippen molar-refractivity contribution in [3.63, 3.8) is 0 Å². The molecule has 0 bridgehead atoms. The zero-order valence-corrected chi connectivity index (χ0v) is 19.5. The Balaban J connectivity index is 1.53. The Hall–Kier alpha value is -3.60. The fraction of sp³-hybridized carbons (Fsp3) is 0.261. The van der Waals surface area contributed by atoms with Crippen molar-refractivity contribution in [3.05, 3.63) is 65.1 Å². The van der Waals surface area contributed by atoms with Crippen LogP contribution in [0.2, 0.25) is 0 Å². The minimum Gasteiger partial charge on any atom is -0.449 e. The first-order valence-electron chi connectivity index (χ1n) is 10.2. The minimum atomic E-state index is -1.34. The first kappa shape index (κ1) is 25.0. The maximum absolute atomic E-state index is 13.7. The molecule has 3 rings (SSSR count). The van der Waals surface area contributed by atoms with E-state index in [1.165, 1.54) is 11.3 Å². The molecule has 180 valence electrons. The summed E-state index contributed by atoms with van der Waals surface area (Å²) in [4.78, 5) is 29.0. The Bertz CT molecular complexity index is 1180. The number of nitrogens with one attached hydrogen (secondary N) is 3. The number of halogens is 3. The molecule has 0 atom stereocenters. The van der Waals surface area contributed by atoms with Gasteiger partial charge >= 0.3 is 12.1 Å². The number of anilines is 2. The molecule has 0 aliphatic heterocycles. The first-order valence-corrected chi connectivity index (χ1v) is 11.0. The van der Waals surface area contributed by atoms with E-state index in [1.807, 2.05) is 20.8 Å². The van der Waals surface area contributed by atoms with Crippen LogP contribution in [0, 0.1) is 17.5 Å². The second-order valence-electron chi connectivity index (χ2n) is 8.28. The van der Waals surface area contributed by atoms with Gasteiger partial charge in [0.25, 0.3) is 0 Å². The third-order valence-electron chi connectivity index (χ3n) is 4.27. The molecule has 0 aliphatic carbocycles. The summed E-state index contributed by atoms with van der Waals surface area (Å²) >= 11 is 1.45. The summed E-state index contributed by atoms with van der Waals surface area (Å²) in [5.41, 5.74) is 0.410. The highest BCUT2D eigenvalue weighted by Gasteiger charge is 2.15. The number of carbonyl (C=O) groups is 2. The van der Waals surface area contributed by atoms with Crippen molar-refractivity contribution in [2.45, 2.75) is 32.7 Å². The number of amides is 3. The van der Waals surface area contributed by atoms with Crippen molar-refractivity contribution in [1.29, 1.82) is 0 Å². The van der Waals surface area contributed by atoms with E-state index in [0.29, 0.717) is 24.2 Å². The fourth-order valence-electron chi connectivity index (χ4n) is 2.75. The van der Waals surface area contributed by atoms with Crippen LogP contribution in [-0.2, 0) is 11.2 Å². The van der Waals surface area contributed by atoms with Gasteiger partial charge in [-0.15, -0.1) is 11.3 Å². The van der Waals surface area contributed by atoms with Crippen molar-refractivity contribution in [3.8, 4) is 10.4 Å². The highest BCUT2D eigenvalue weighted by molar-refractivity contribution is 7.15. The van der Waals surface area contributed by atoms with E-state index in [4.69, 9.17) is 4.74 Å². The maximum Gasteiger partial charge on any atom is 0.407 e. The highest BCUT2D eigenvalue weighted by atomic mass is 32.1. The molecule has 3 amide bonds. The third-order valence-corrected chi connectivity index (χ3v) is 5.37. The van der Waals surface area contributed by atoms with E-state index in [-0.39, 0.29) is 12.1 Å². The number of rotatable bonds is 6. The second kappa shape index (κ2) is 10.6. The molecular formula is C23H23F3N4O3S. The van der Waals surface area contributed by atoms with Crippen LogP contribution in [0.25, 0.3) is 10.4 Å². The van der Waals surface area contributed by atoms with Gasteiger partial charge in [-0.3, -0.25) is 0 Å². The third kappa shape index (κ3) is 7.20. The summed E-state index contributed by atoms with van der Waals surface area (Å²) in [6.07, 6.45) is 1.70. The Morgan fingerprint density at radius 1 is 1.00 bits per heavy atom. The number of ether oxygens (including phenoxy) is 1. The number of benzene rings is 2. The maximum atomic E-state index is 13.7. The molecule has 0 saturated carbocycles. The quantitative estimate of drug-likeness (QED) is 0.372. The fourth-order valence-corrected chi connectivity index (χ4v) is 3.66. The Morgan fingerprint density at radius 3 is 2.35 bits per heavy atom. The summed E-state index contributed by atoms with van der Waals surface area (Å²) in [5.74, 6) is -3.71. The summed E-state index contributed by atoms with van der Waals surface area (Å²) in [6, 6.07) is 6.91. The Labute approximate surface area is 198 Å². The molecule has 0 saturated heterocycles. The van der Waals surface area contributed by atoms with Crippen molar-refractivity contribution in [2.24, 2.45) is 0 Å². The lowest BCUT2D eigenvalue weighted by molar-refractivity contribution is 0.139. The lowest BCUT2D eigenvalue weighted by Crippen LogP contribution is -2.41. The number of nitrogens with zero attached hydrogens (tertiary/aromatic N) is 1. The molecule has 0 radical (unpaired) electrons. The van der Waals surface area contributed by atoms with Gasteiger partial charge in [0.15, 0.2) is 11.6 Å². The van der Waals surface area contributed by atoms with Gasteiger partial charge in [-0.25, -0.2) is 27.7 Å². The van der Waals surface area contributed by atoms with Crippen LogP contribution >= 0.6 is 11.3 Å². The minimum absolute atomic E-state index is 0.200. The number of hydrogen-bond donors (Lipinski definition) is 3. The smallest absolute Gasteiger partial charge is 0.407 e. The second-order valence-corrected chi connectivity index (χ2v) is 9.40. The van der Waals surface area contributed by atoms with Crippen LogP contribution in [0.4, 0.5) is 34.1 Å². The monoisotopic (exact) mass is 492 g/mol. The van der Waals surface area contributed by atoms with Gasteiger partial charge < -0.3 is 20.7 Å². The average molecular weight is 493 g/mol. The number of carbonyl (C=O) groups excluding carboxylic acids is 2. The van der Waals surface area contributed by atoms with Gasteiger partial charge in [0, 0.05) is 36.0 Å². The van der Waals surface area contributed by atoms with Gasteiger partial charge in [-0.2, -0.15) is 0 Å². The van der Waals surface area contributed by atoms with E-state index >= 15 is 0 Å². The Morgan fingerprint density at radius 2 is 1.68 bits per heavy atom. The SMILES string of the molecule is CC(C)(C)NC(=O)OCCc1ncc(-c2ccc(NC(=O)Nc3cc(F)c(F)cc3F)cc2)s1. The van der Waals surface area contributed by atoms with Crippen LogP contribution in [-0.4, -0.2) is 29.3 Å². The predicted octanol–water partition coefficient (Wildman–Crippen LogP) is 5.94. The molecule has 3 aromatic rings. The van der Waals surface area contributed by atoms with Crippen molar-refractivity contribution < 1.29 is 27.5 Å². The largest absolute Gasteiger partial charge is 0.449 e. The molecular weight excluding hydrogens is 469 g/mol. The van der Waals surface area contributed by atoms with Crippen LogP contribution in [0.5, 0.6) is 0 Å². The topological polar surface area (TPSA) is 92.3 Å². The van der Waals surface area contributed by atoms with Gasteiger partial charge in [0.1, 0.15) is 5.82 Å². The van der Waals surface area contributed by atoms with Gasteiger partial charge in [-0.05, 0) is 38.5 Å². The number of hydrogen-bond acceptors (Lipinski definition) is 5. The van der Waals surface area contributed by atoms with Crippen LogP contribution < -0.4 is 16.0 Å². The summed E-state index contributed by atoms with van der Waals surface area (Å²) in [5, 5.41) is 8.14. The number of thiazole rings is 1. The van der Waals surface area contributed by atoms with E-state index in [0.717, 1.165) is 15.4 Å². The van der Waals surface area contributed by atoms with E-state index < -0.39 is 35.3 Å². The summed E-state index contributed by atoms with van der Waals surface area (Å²) in [6.45, 7) is 5.79. The zero-order chi connectivity index (χ0) is 24.9. The molecule has 7 nitrogen and oxygen atoms in total. The number of urea groups is 1. The molecule has 11 heteroatoms. The first-order chi connectivity index (χ1) is 16.0. The zero-order valence-electron chi connectivity index (χ0n) is 18.7. The standard InChI is InChI=1S/C23H23F3N4O3S/c1-23(2,3)30-22(32)33-9-8-20-27-12-19(34-20)13-4-6-14(7-5-13)28-21(31)29-18-11-16(25)15(24)10-17(18)26/h4-7,10-12H,8-9H2,1-3H3,(H,30,32)(H2,28,29,31). The summed E-state index contributed by atoms with van der Waals surface area (Å²) < 4.78 is 45.1. The molecule has 0 aliphatic rings. The lowest BCUT2D eigenvalue weighted by atomic mass is 10.1. The molecule has 1 aromatic heterocycles. The van der Waals surface area contributed by atoms with E-state index in [1.54, 1.807) is 30.5 Å². The molecule has 0 unspecified atom stereocenters. The van der Waals surface area contributed by atoms with Crippen LogP contribution in [0.15, 0.2) is 42.6 Å². The molecule has 2 aromatic carbocycles. The Kier molecular flexibility index (Phi) is 7.77. The van der Waals surface area contributed by atoms with E-state index in [9.17, 15) is 22.8 Å². The van der Waals surface area contributed by atoms with Crippen molar-refractivity contribution >= 4 is 34.8 Å². The molecule has 3 N–H and O–H groups in total. The number of alkyl carbamates (subject to hydrolysis) is 1. The molecule has 0 spiro atoms. The van der Waals surface area contributed by atoms with Gasteiger partial charge in [0.2, 0.25) is 0 Å². The predicted molar refractivity (Wildman–Crippen MR) is 124 cm³/mol. The van der Waals surface area contributed by atoms with E-state index in [2.05, 4.69) is 20.9 Å². The van der Waals surface area contributed by atoms with Gasteiger partial charge in [-0.1, -0.05) is 12.1 Å². The normalized spacial score (nSPS) is 11.1. The lowest BCUT2D eigenvalue weighted by Gasteiger charge is -2.19. The molecule has 1 heterocycles. The van der Waals surface area contributed by atoms with Crippen molar-refractivity contribution in [1.82, 2.24) is 10.3 Å². The highest BCUT2D eigenvalue weighted by Crippen LogP contribution is 2.27. The van der Waals surface area contributed by atoms with Gasteiger partial charge in [0.05, 0.1) is 22.2 Å². The van der Waals surface area contributed by atoms with Crippen LogP contribution in [0.3, 0.4) is 0 Å². The van der Waals surface area contributed by atoms with Crippen LogP contribution in [0.1, 0.15) is 25.8 Å².